The molecule has 0 atom stereocenters. The Hall–Kier alpha value is -1.01. The van der Waals surface area contributed by atoms with Crippen LogP contribution < -0.4 is 5.32 Å². The summed E-state index contributed by atoms with van der Waals surface area (Å²) < 4.78 is 25.9. The van der Waals surface area contributed by atoms with Crippen molar-refractivity contribution in [3.63, 3.8) is 0 Å². The minimum atomic E-state index is -2.52. The lowest BCUT2D eigenvalue weighted by Gasteiger charge is -2.20. The molecule has 17 heavy (non-hydrogen) atoms. The van der Waals surface area contributed by atoms with Gasteiger partial charge in [0.25, 0.3) is 0 Å². The van der Waals surface area contributed by atoms with Crippen molar-refractivity contribution in [1.82, 2.24) is 19.8 Å². The van der Waals surface area contributed by atoms with Crippen LogP contribution in [0.5, 0.6) is 0 Å². The number of rotatable bonds is 7. The summed E-state index contributed by atoms with van der Waals surface area (Å²) in [6.45, 7) is 3.71. The molecule has 1 N–H and O–H groups in total. The van der Waals surface area contributed by atoms with E-state index in [2.05, 4.69) is 29.0 Å². The molecule has 0 saturated carbocycles. The minimum absolute atomic E-state index is 0.364. The maximum Gasteiger partial charge on any atom is 0.319 e. The highest BCUT2D eigenvalue weighted by Gasteiger charge is 2.10. The fourth-order valence-electron chi connectivity index (χ4n) is 1.37. The second kappa shape index (κ2) is 6.66. The molecule has 1 aromatic heterocycles. The minimum Gasteiger partial charge on any atom is -0.309 e. The van der Waals surface area contributed by atoms with E-state index in [1.807, 2.05) is 7.05 Å². The first kappa shape index (κ1) is 14.1. The van der Waals surface area contributed by atoms with Crippen molar-refractivity contribution in [2.24, 2.45) is 0 Å². The summed E-state index contributed by atoms with van der Waals surface area (Å²) in [6.07, 6.45) is 2.69. The molecule has 98 valence electrons. The summed E-state index contributed by atoms with van der Waals surface area (Å²) >= 11 is 0. The van der Waals surface area contributed by atoms with Crippen molar-refractivity contribution < 1.29 is 8.78 Å². The number of nitrogens with zero attached hydrogens (tertiary/aromatic N) is 3. The van der Waals surface area contributed by atoms with Crippen LogP contribution in [0.25, 0.3) is 0 Å². The second-order valence-corrected chi connectivity index (χ2v) is 4.28. The molecule has 0 fully saturated rings. The normalized spacial score (nSPS) is 12.0. The molecule has 0 aromatic carbocycles. The molecular weight excluding hydrogens is 226 g/mol. The van der Waals surface area contributed by atoms with Gasteiger partial charge in [0.1, 0.15) is 5.82 Å². The first-order valence-corrected chi connectivity index (χ1v) is 5.73. The summed E-state index contributed by atoms with van der Waals surface area (Å²) in [5.41, 5.74) is 0. The van der Waals surface area contributed by atoms with Crippen LogP contribution in [-0.2, 0) is 6.54 Å². The van der Waals surface area contributed by atoms with E-state index in [4.69, 9.17) is 0 Å². The largest absolute Gasteiger partial charge is 0.319 e. The summed E-state index contributed by atoms with van der Waals surface area (Å²) in [6, 6.07) is 0.486. The zero-order valence-corrected chi connectivity index (χ0v) is 10.5. The standard InChI is InChI=1S/C11H20F2N4/c1-9(2)16(3)6-4-14-8-10-15-5-7-17(10)11(12)13/h5,7,9,11,14H,4,6,8H2,1-3H3. The predicted octanol–water partition coefficient (Wildman–Crippen LogP) is 1.71. The van der Waals surface area contributed by atoms with Crippen molar-refractivity contribution in [1.29, 1.82) is 0 Å². The van der Waals surface area contributed by atoms with Crippen LogP contribution in [0, 0.1) is 0 Å². The van der Waals surface area contributed by atoms with Gasteiger partial charge < -0.3 is 10.2 Å². The fourth-order valence-corrected chi connectivity index (χ4v) is 1.37. The number of aromatic nitrogens is 2. The topological polar surface area (TPSA) is 33.1 Å². The zero-order chi connectivity index (χ0) is 12.8. The van der Waals surface area contributed by atoms with Gasteiger partial charge in [-0.2, -0.15) is 8.78 Å². The van der Waals surface area contributed by atoms with Gasteiger partial charge in [0.05, 0.1) is 6.54 Å². The quantitative estimate of drug-likeness (QED) is 0.743. The molecule has 0 bridgehead atoms. The van der Waals surface area contributed by atoms with Crippen LogP contribution in [0.3, 0.4) is 0 Å². The number of alkyl halides is 2. The molecular formula is C11H20F2N4. The van der Waals surface area contributed by atoms with Gasteiger partial charge in [0.15, 0.2) is 0 Å². The molecule has 0 spiro atoms. The van der Waals surface area contributed by atoms with Crippen molar-refractivity contribution in [2.75, 3.05) is 20.1 Å². The molecule has 0 unspecified atom stereocenters. The van der Waals surface area contributed by atoms with Gasteiger partial charge in [-0.15, -0.1) is 0 Å². The lowest BCUT2D eigenvalue weighted by Crippen LogP contribution is -2.33. The molecule has 0 saturated heterocycles. The first-order valence-electron chi connectivity index (χ1n) is 5.73. The van der Waals surface area contributed by atoms with Gasteiger partial charge >= 0.3 is 6.55 Å². The van der Waals surface area contributed by atoms with E-state index in [-0.39, 0.29) is 0 Å². The number of likely N-dealkylation sites (N-methyl/N-ethyl adjacent to an activating group) is 1. The average molecular weight is 246 g/mol. The predicted molar refractivity (Wildman–Crippen MR) is 63.0 cm³/mol. The third-order valence-electron chi connectivity index (χ3n) is 2.77. The van der Waals surface area contributed by atoms with E-state index in [9.17, 15) is 8.78 Å². The number of hydrogen-bond donors (Lipinski definition) is 1. The maximum atomic E-state index is 12.5. The van der Waals surface area contributed by atoms with Crippen LogP contribution in [0.1, 0.15) is 26.2 Å². The lowest BCUT2D eigenvalue weighted by molar-refractivity contribution is 0.0666. The van der Waals surface area contributed by atoms with E-state index in [0.29, 0.717) is 18.4 Å². The lowest BCUT2D eigenvalue weighted by atomic mass is 10.3. The molecule has 1 heterocycles. The van der Waals surface area contributed by atoms with Crippen molar-refractivity contribution >= 4 is 0 Å². The molecule has 1 rings (SSSR count). The summed E-state index contributed by atoms with van der Waals surface area (Å²) in [5.74, 6) is 0.368. The third kappa shape index (κ3) is 4.40. The highest BCUT2D eigenvalue weighted by atomic mass is 19.3. The molecule has 0 aliphatic carbocycles. The average Bonchev–Trinajstić information content (AvgIpc) is 2.72. The maximum absolute atomic E-state index is 12.5. The van der Waals surface area contributed by atoms with Gasteiger partial charge in [-0.05, 0) is 20.9 Å². The van der Waals surface area contributed by atoms with E-state index >= 15 is 0 Å². The molecule has 1 aromatic rings. The molecule has 0 amide bonds. The van der Waals surface area contributed by atoms with E-state index in [1.165, 1.54) is 12.4 Å². The monoisotopic (exact) mass is 246 g/mol. The Bertz CT molecular complexity index is 325. The van der Waals surface area contributed by atoms with E-state index < -0.39 is 6.55 Å². The van der Waals surface area contributed by atoms with Crippen LogP contribution >= 0.6 is 0 Å². The number of hydrogen-bond acceptors (Lipinski definition) is 3. The van der Waals surface area contributed by atoms with E-state index in [0.717, 1.165) is 17.7 Å². The first-order chi connectivity index (χ1) is 8.02. The molecule has 0 radical (unpaired) electrons. The Balaban J connectivity index is 2.29. The van der Waals surface area contributed by atoms with Crippen LogP contribution in [-0.4, -0.2) is 40.6 Å². The fraction of sp³-hybridized carbons (Fsp3) is 0.727. The van der Waals surface area contributed by atoms with Crippen molar-refractivity contribution in [2.45, 2.75) is 33.0 Å². The van der Waals surface area contributed by atoms with Gasteiger partial charge in [0, 0.05) is 31.5 Å². The Morgan fingerprint density at radius 2 is 2.18 bits per heavy atom. The number of halogens is 2. The highest BCUT2D eigenvalue weighted by molar-refractivity contribution is 4.92. The molecule has 0 aliphatic heterocycles. The molecule has 0 aliphatic rings. The SMILES string of the molecule is CC(C)N(C)CCNCc1nccn1C(F)F. The van der Waals surface area contributed by atoms with Crippen molar-refractivity contribution in [3.8, 4) is 0 Å². The van der Waals surface area contributed by atoms with Gasteiger partial charge in [-0.25, -0.2) is 4.98 Å². The van der Waals surface area contributed by atoms with Crippen molar-refractivity contribution in [3.05, 3.63) is 18.2 Å². The Morgan fingerprint density at radius 1 is 1.47 bits per heavy atom. The van der Waals surface area contributed by atoms with Crippen LogP contribution in [0.15, 0.2) is 12.4 Å². The number of imidazole rings is 1. The van der Waals surface area contributed by atoms with Gasteiger partial charge in [-0.1, -0.05) is 0 Å². The summed E-state index contributed by atoms with van der Waals surface area (Å²) in [4.78, 5) is 6.08. The zero-order valence-electron chi connectivity index (χ0n) is 10.5. The van der Waals surface area contributed by atoms with E-state index in [1.54, 1.807) is 0 Å². The third-order valence-corrected chi connectivity index (χ3v) is 2.77. The Morgan fingerprint density at radius 3 is 2.76 bits per heavy atom. The summed E-state index contributed by atoms with van der Waals surface area (Å²) in [7, 11) is 2.03. The van der Waals surface area contributed by atoms with Gasteiger partial charge in [0.2, 0.25) is 0 Å². The second-order valence-electron chi connectivity index (χ2n) is 4.28. The van der Waals surface area contributed by atoms with Crippen LogP contribution in [0.4, 0.5) is 8.78 Å². The Labute approximate surface area is 101 Å². The Kier molecular flexibility index (Phi) is 5.50. The molecule has 6 heteroatoms. The smallest absolute Gasteiger partial charge is 0.309 e. The highest BCUT2D eigenvalue weighted by Crippen LogP contribution is 2.11. The summed E-state index contributed by atoms with van der Waals surface area (Å²) in [5, 5.41) is 3.11. The number of nitrogens with one attached hydrogen (secondary N) is 1. The van der Waals surface area contributed by atoms with Gasteiger partial charge in [-0.3, -0.25) is 4.57 Å². The van der Waals surface area contributed by atoms with Crippen LogP contribution in [0.2, 0.25) is 0 Å². The molecule has 4 nitrogen and oxygen atoms in total.